The number of allylic oxidation sites excluding steroid dienone is 1. The van der Waals surface area contributed by atoms with Crippen molar-refractivity contribution in [2.24, 2.45) is 4.99 Å². The first-order chi connectivity index (χ1) is 14.7. The largest absolute Gasteiger partial charge is 0.298 e. The SMILES string of the molecule is C/C=C(CN1CCN(C(C)CCC)CC1)\N=C(/CCC)c1cccc2ccccc12. The van der Waals surface area contributed by atoms with Gasteiger partial charge in [-0.3, -0.25) is 14.8 Å². The lowest BCUT2D eigenvalue weighted by Gasteiger charge is -2.38. The summed E-state index contributed by atoms with van der Waals surface area (Å²) >= 11 is 0. The molecule has 0 saturated carbocycles. The topological polar surface area (TPSA) is 18.8 Å². The number of hydrogen-bond donors (Lipinski definition) is 0. The molecule has 0 N–H and O–H groups in total. The van der Waals surface area contributed by atoms with Gasteiger partial charge in [0.05, 0.1) is 5.70 Å². The summed E-state index contributed by atoms with van der Waals surface area (Å²) in [6.45, 7) is 14.6. The van der Waals surface area contributed by atoms with Crippen LogP contribution < -0.4 is 0 Å². The number of fused-ring (bicyclic) bond motifs is 1. The Hall–Kier alpha value is -1.97. The van der Waals surface area contributed by atoms with Crippen LogP contribution in [0.2, 0.25) is 0 Å². The van der Waals surface area contributed by atoms with Gasteiger partial charge in [-0.05, 0) is 37.5 Å². The van der Waals surface area contributed by atoms with E-state index in [0.29, 0.717) is 6.04 Å². The van der Waals surface area contributed by atoms with E-state index in [4.69, 9.17) is 4.99 Å². The molecule has 0 bridgehead atoms. The lowest BCUT2D eigenvalue weighted by atomic mass is 9.98. The van der Waals surface area contributed by atoms with E-state index in [-0.39, 0.29) is 0 Å². The maximum absolute atomic E-state index is 5.20. The molecule has 1 heterocycles. The highest BCUT2D eigenvalue weighted by Crippen LogP contribution is 2.22. The second-order valence-electron chi connectivity index (χ2n) is 8.57. The first-order valence-corrected chi connectivity index (χ1v) is 11.8. The van der Waals surface area contributed by atoms with Crippen LogP contribution in [0.5, 0.6) is 0 Å². The van der Waals surface area contributed by atoms with Crippen LogP contribution in [-0.4, -0.2) is 54.3 Å². The van der Waals surface area contributed by atoms with E-state index in [0.717, 1.165) is 32.5 Å². The zero-order valence-electron chi connectivity index (χ0n) is 19.4. The fourth-order valence-corrected chi connectivity index (χ4v) is 4.52. The molecule has 0 spiro atoms. The summed E-state index contributed by atoms with van der Waals surface area (Å²) in [7, 11) is 0. The third-order valence-electron chi connectivity index (χ3n) is 6.32. The normalized spacial score (nSPS) is 18.1. The Balaban J connectivity index is 1.73. The average Bonchev–Trinajstić information content (AvgIpc) is 2.78. The van der Waals surface area contributed by atoms with Crippen LogP contribution >= 0.6 is 0 Å². The molecule has 1 aliphatic rings. The van der Waals surface area contributed by atoms with Gasteiger partial charge >= 0.3 is 0 Å². The van der Waals surface area contributed by atoms with Crippen molar-refractivity contribution in [2.45, 2.75) is 59.4 Å². The van der Waals surface area contributed by atoms with Crippen LogP contribution in [0, 0.1) is 0 Å². The lowest BCUT2D eigenvalue weighted by molar-refractivity contribution is 0.104. The van der Waals surface area contributed by atoms with Crippen molar-refractivity contribution >= 4 is 16.5 Å². The van der Waals surface area contributed by atoms with Crippen molar-refractivity contribution in [1.29, 1.82) is 0 Å². The highest BCUT2D eigenvalue weighted by molar-refractivity contribution is 6.11. The van der Waals surface area contributed by atoms with Gasteiger partial charge < -0.3 is 0 Å². The van der Waals surface area contributed by atoms with E-state index in [1.54, 1.807) is 0 Å². The van der Waals surface area contributed by atoms with Gasteiger partial charge in [0.25, 0.3) is 0 Å². The summed E-state index contributed by atoms with van der Waals surface area (Å²) in [5, 5.41) is 2.60. The van der Waals surface area contributed by atoms with Crippen molar-refractivity contribution in [3.05, 3.63) is 59.8 Å². The standard InChI is InChI=1S/C27H39N3/c1-5-11-22(4)30-19-17-29(18-20-30)21-24(7-3)28-27(12-6-2)26-16-10-14-23-13-8-9-15-25(23)26/h7-10,13-16,22H,5-6,11-12,17-21H2,1-4H3/b24-7-,28-27+. The van der Waals surface area contributed by atoms with Crippen LogP contribution in [0.1, 0.15) is 58.9 Å². The third-order valence-corrected chi connectivity index (χ3v) is 6.32. The molecule has 3 rings (SSSR count). The highest BCUT2D eigenvalue weighted by Gasteiger charge is 2.21. The van der Waals surface area contributed by atoms with Crippen molar-refractivity contribution in [1.82, 2.24) is 9.80 Å². The fourth-order valence-electron chi connectivity index (χ4n) is 4.52. The molecule has 1 aliphatic heterocycles. The van der Waals surface area contributed by atoms with Gasteiger partial charge in [0.1, 0.15) is 0 Å². The molecule has 30 heavy (non-hydrogen) atoms. The van der Waals surface area contributed by atoms with Crippen molar-refractivity contribution < 1.29 is 0 Å². The van der Waals surface area contributed by atoms with Gasteiger partial charge in [-0.1, -0.05) is 75.2 Å². The van der Waals surface area contributed by atoms with Crippen LogP contribution in [0.25, 0.3) is 10.8 Å². The Labute approximate surface area is 183 Å². The molecular weight excluding hydrogens is 366 g/mol. The summed E-state index contributed by atoms with van der Waals surface area (Å²) in [6, 6.07) is 16.0. The van der Waals surface area contributed by atoms with Crippen LogP contribution in [-0.2, 0) is 0 Å². The lowest BCUT2D eigenvalue weighted by Crippen LogP contribution is -2.49. The van der Waals surface area contributed by atoms with Crippen molar-refractivity contribution in [3.8, 4) is 0 Å². The molecule has 1 saturated heterocycles. The molecule has 3 nitrogen and oxygen atoms in total. The predicted octanol–water partition coefficient (Wildman–Crippen LogP) is 6.14. The van der Waals surface area contributed by atoms with E-state index in [9.17, 15) is 0 Å². The number of rotatable bonds is 9. The van der Waals surface area contributed by atoms with Crippen molar-refractivity contribution in [3.63, 3.8) is 0 Å². The molecule has 1 unspecified atom stereocenters. The average molecular weight is 406 g/mol. The van der Waals surface area contributed by atoms with Gasteiger partial charge in [-0.25, -0.2) is 0 Å². The Bertz CT molecular complexity index is 854. The zero-order chi connectivity index (χ0) is 21.3. The minimum atomic E-state index is 0.707. The second kappa shape index (κ2) is 11.4. The predicted molar refractivity (Wildman–Crippen MR) is 132 cm³/mol. The summed E-state index contributed by atoms with van der Waals surface area (Å²) < 4.78 is 0. The Morgan fingerprint density at radius 1 is 1.00 bits per heavy atom. The third kappa shape index (κ3) is 5.80. The molecular formula is C27H39N3. The van der Waals surface area contributed by atoms with Gasteiger partial charge in [0, 0.05) is 50.0 Å². The van der Waals surface area contributed by atoms with Crippen LogP contribution in [0.15, 0.2) is 59.2 Å². The maximum atomic E-state index is 5.20. The zero-order valence-corrected chi connectivity index (χ0v) is 19.4. The molecule has 0 radical (unpaired) electrons. The highest BCUT2D eigenvalue weighted by atomic mass is 15.3. The van der Waals surface area contributed by atoms with Crippen LogP contribution in [0.3, 0.4) is 0 Å². The minimum absolute atomic E-state index is 0.707. The summed E-state index contributed by atoms with van der Waals surface area (Å²) in [4.78, 5) is 10.4. The molecule has 2 aromatic rings. The Kier molecular flexibility index (Phi) is 8.65. The minimum Gasteiger partial charge on any atom is -0.298 e. The molecule has 0 aliphatic carbocycles. The number of piperazine rings is 1. The number of nitrogens with zero attached hydrogens (tertiary/aromatic N) is 3. The van der Waals surface area contributed by atoms with Crippen LogP contribution in [0.4, 0.5) is 0 Å². The van der Waals surface area contributed by atoms with E-state index in [2.05, 4.69) is 86.0 Å². The van der Waals surface area contributed by atoms with E-state index in [1.807, 2.05) is 0 Å². The second-order valence-corrected chi connectivity index (χ2v) is 8.57. The van der Waals surface area contributed by atoms with E-state index < -0.39 is 0 Å². The summed E-state index contributed by atoms with van der Waals surface area (Å²) in [5.74, 6) is 0. The fraction of sp³-hybridized carbons (Fsp3) is 0.519. The van der Waals surface area contributed by atoms with Gasteiger partial charge in [-0.2, -0.15) is 0 Å². The molecule has 1 fully saturated rings. The Morgan fingerprint density at radius 2 is 1.73 bits per heavy atom. The number of benzene rings is 2. The molecule has 3 heteroatoms. The number of hydrogen-bond acceptors (Lipinski definition) is 3. The number of aliphatic imine (C=N–C) groups is 1. The van der Waals surface area contributed by atoms with Gasteiger partial charge in [-0.15, -0.1) is 0 Å². The molecule has 0 aromatic heterocycles. The van der Waals surface area contributed by atoms with Crippen molar-refractivity contribution in [2.75, 3.05) is 32.7 Å². The molecule has 1 atom stereocenters. The summed E-state index contributed by atoms with van der Waals surface area (Å²) in [5.41, 5.74) is 3.70. The Morgan fingerprint density at radius 3 is 2.43 bits per heavy atom. The summed E-state index contributed by atoms with van der Waals surface area (Å²) in [6.07, 6.45) is 6.89. The molecule has 0 amide bonds. The monoisotopic (exact) mass is 405 g/mol. The van der Waals surface area contributed by atoms with Gasteiger partial charge in [0.2, 0.25) is 0 Å². The quantitative estimate of drug-likeness (QED) is 0.467. The first-order valence-electron chi connectivity index (χ1n) is 11.8. The molecule has 162 valence electrons. The smallest absolute Gasteiger partial charge is 0.0505 e. The maximum Gasteiger partial charge on any atom is 0.0505 e. The van der Waals surface area contributed by atoms with E-state index >= 15 is 0 Å². The van der Waals surface area contributed by atoms with Gasteiger partial charge in [0.15, 0.2) is 0 Å². The first kappa shape index (κ1) is 22.7. The molecule has 2 aromatic carbocycles. The van der Waals surface area contributed by atoms with E-state index in [1.165, 1.54) is 53.7 Å².